The molecular weight excluding hydrogens is 456 g/mol. The average molecular weight is 483 g/mol. The van der Waals surface area contributed by atoms with Crippen molar-refractivity contribution in [1.82, 2.24) is 0 Å². The molecule has 0 amide bonds. The average Bonchev–Trinajstić information content (AvgIpc) is 2.87. The number of sulfone groups is 1. The zero-order valence-corrected chi connectivity index (χ0v) is 20.1. The Bertz CT molecular complexity index is 1320. The molecule has 4 aromatic rings. The first-order valence-corrected chi connectivity index (χ1v) is 12.7. The Morgan fingerprint density at radius 3 is 1.31 bits per heavy atom. The molecule has 0 heterocycles. The van der Waals surface area contributed by atoms with Crippen LogP contribution in [0.15, 0.2) is 132 Å². The molecule has 0 aliphatic rings. The summed E-state index contributed by atoms with van der Waals surface area (Å²) in [7, 11) is -3.69. The molecule has 0 atom stereocenters. The van der Waals surface area contributed by atoms with Crippen LogP contribution in [0.2, 0.25) is 0 Å². The molecule has 4 aromatic carbocycles. The molecule has 4 rings (SSSR count). The van der Waals surface area contributed by atoms with E-state index in [1.165, 1.54) is 0 Å². The summed E-state index contributed by atoms with van der Waals surface area (Å²) in [6.45, 7) is 7.55. The van der Waals surface area contributed by atoms with E-state index in [4.69, 9.17) is 9.47 Å². The predicted octanol–water partition coefficient (Wildman–Crippen LogP) is 7.56. The zero-order chi connectivity index (χ0) is 24.7. The van der Waals surface area contributed by atoms with E-state index < -0.39 is 9.84 Å². The molecule has 0 saturated carbocycles. The summed E-state index contributed by atoms with van der Waals surface area (Å²) in [5, 5.41) is 0. The van der Waals surface area contributed by atoms with Crippen molar-refractivity contribution < 1.29 is 17.9 Å². The summed E-state index contributed by atoms with van der Waals surface area (Å²) < 4.78 is 38.2. The molecule has 5 heteroatoms. The third-order valence-electron chi connectivity index (χ3n) is 5.40. The molecule has 0 bridgehead atoms. The molecule has 0 aliphatic carbocycles. The molecule has 0 aromatic heterocycles. The van der Waals surface area contributed by atoms with Gasteiger partial charge in [-0.25, -0.2) is 8.42 Å². The molecular formula is C30H26O4S. The van der Waals surface area contributed by atoms with Gasteiger partial charge in [-0.05, 0) is 84.6 Å². The van der Waals surface area contributed by atoms with Crippen LogP contribution in [0, 0.1) is 0 Å². The lowest BCUT2D eigenvalue weighted by Gasteiger charge is -2.12. The summed E-state index contributed by atoms with van der Waals surface area (Å²) in [5.41, 5.74) is 2.02. The zero-order valence-electron chi connectivity index (χ0n) is 19.3. The van der Waals surface area contributed by atoms with E-state index in [9.17, 15) is 8.42 Å². The normalized spacial score (nSPS) is 11.0. The maximum absolute atomic E-state index is 13.1. The first-order valence-electron chi connectivity index (χ1n) is 11.2. The van der Waals surface area contributed by atoms with Gasteiger partial charge < -0.3 is 9.47 Å². The Kier molecular flexibility index (Phi) is 7.48. The number of benzene rings is 4. The second kappa shape index (κ2) is 10.9. The smallest absolute Gasteiger partial charge is 0.206 e. The molecule has 0 unspecified atom stereocenters. The Hall–Kier alpha value is -4.09. The first kappa shape index (κ1) is 24.0. The van der Waals surface area contributed by atoms with Gasteiger partial charge in [0.2, 0.25) is 9.84 Å². The highest BCUT2D eigenvalue weighted by Crippen LogP contribution is 2.30. The van der Waals surface area contributed by atoms with Gasteiger partial charge in [0.1, 0.15) is 23.0 Å². The Morgan fingerprint density at radius 2 is 0.943 bits per heavy atom. The second-order valence-electron chi connectivity index (χ2n) is 7.85. The Labute approximate surface area is 206 Å². The van der Waals surface area contributed by atoms with Gasteiger partial charge in [-0.1, -0.05) is 48.6 Å². The van der Waals surface area contributed by atoms with Crippen LogP contribution >= 0.6 is 0 Å². The van der Waals surface area contributed by atoms with E-state index in [1.54, 1.807) is 48.5 Å². The highest BCUT2D eigenvalue weighted by atomic mass is 32.2. The fourth-order valence-corrected chi connectivity index (χ4v) is 4.88. The first-order chi connectivity index (χ1) is 17.0. The maximum atomic E-state index is 13.1. The van der Waals surface area contributed by atoms with E-state index in [0.29, 0.717) is 35.8 Å². The van der Waals surface area contributed by atoms with Gasteiger partial charge in [0, 0.05) is 0 Å². The second-order valence-corrected chi connectivity index (χ2v) is 9.80. The van der Waals surface area contributed by atoms with Crippen molar-refractivity contribution in [3.63, 3.8) is 0 Å². The molecule has 0 saturated heterocycles. The molecule has 0 fully saturated rings. The number of hydrogen-bond donors (Lipinski definition) is 0. The Morgan fingerprint density at radius 1 is 0.571 bits per heavy atom. The molecule has 4 nitrogen and oxygen atoms in total. The predicted molar refractivity (Wildman–Crippen MR) is 139 cm³/mol. The highest BCUT2D eigenvalue weighted by molar-refractivity contribution is 7.91. The van der Waals surface area contributed by atoms with Crippen molar-refractivity contribution in [1.29, 1.82) is 0 Å². The number of allylic oxidation sites excluding steroid dienone is 2. The van der Waals surface area contributed by atoms with Crippen molar-refractivity contribution in [3.8, 4) is 23.0 Å². The summed E-state index contributed by atoms with van der Waals surface area (Å²) in [6, 6.07) is 28.2. The quantitative estimate of drug-likeness (QED) is 0.219. The maximum Gasteiger partial charge on any atom is 0.206 e. The van der Waals surface area contributed by atoms with Crippen LogP contribution < -0.4 is 9.47 Å². The minimum Gasteiger partial charge on any atom is -0.457 e. The minimum absolute atomic E-state index is 0.189. The van der Waals surface area contributed by atoms with E-state index in [2.05, 4.69) is 13.2 Å². The summed E-state index contributed by atoms with van der Waals surface area (Å²) in [6.07, 6.45) is 4.99. The lowest BCUT2D eigenvalue weighted by molar-refractivity contribution is 0.477. The molecule has 176 valence electrons. The number of hydrogen-bond acceptors (Lipinski definition) is 4. The van der Waals surface area contributed by atoms with Crippen LogP contribution in [0.3, 0.4) is 0 Å². The molecule has 0 spiro atoms. The van der Waals surface area contributed by atoms with E-state index >= 15 is 0 Å². The third kappa shape index (κ3) is 5.70. The summed E-state index contributed by atoms with van der Waals surface area (Å²) >= 11 is 0. The minimum atomic E-state index is -3.69. The number of para-hydroxylation sites is 2. The van der Waals surface area contributed by atoms with Crippen LogP contribution in [0.4, 0.5) is 0 Å². The van der Waals surface area contributed by atoms with Crippen molar-refractivity contribution in [2.24, 2.45) is 0 Å². The molecule has 0 radical (unpaired) electrons. The van der Waals surface area contributed by atoms with Gasteiger partial charge >= 0.3 is 0 Å². The molecule has 35 heavy (non-hydrogen) atoms. The van der Waals surface area contributed by atoms with E-state index in [1.807, 2.05) is 60.7 Å². The lowest BCUT2D eigenvalue weighted by Crippen LogP contribution is -2.02. The largest absolute Gasteiger partial charge is 0.457 e. The number of ether oxygens (including phenoxy) is 2. The van der Waals surface area contributed by atoms with Gasteiger partial charge in [0.15, 0.2) is 0 Å². The van der Waals surface area contributed by atoms with Crippen molar-refractivity contribution in [2.45, 2.75) is 22.6 Å². The van der Waals surface area contributed by atoms with Gasteiger partial charge in [-0.3, -0.25) is 0 Å². The topological polar surface area (TPSA) is 52.6 Å². The molecule has 0 aliphatic heterocycles. The summed E-state index contributed by atoms with van der Waals surface area (Å²) in [4.78, 5) is 0.378. The van der Waals surface area contributed by atoms with Crippen molar-refractivity contribution in [3.05, 3.63) is 133 Å². The summed E-state index contributed by atoms with van der Waals surface area (Å²) in [5.74, 6) is 2.55. The fraction of sp³-hybridized carbons (Fsp3) is 0.0667. The monoisotopic (exact) mass is 482 g/mol. The van der Waals surface area contributed by atoms with Crippen LogP contribution in [0.5, 0.6) is 23.0 Å². The van der Waals surface area contributed by atoms with Crippen LogP contribution in [0.25, 0.3) is 0 Å². The Balaban J connectivity index is 1.50. The molecule has 0 N–H and O–H groups in total. The van der Waals surface area contributed by atoms with Crippen molar-refractivity contribution in [2.75, 3.05) is 0 Å². The van der Waals surface area contributed by atoms with Crippen LogP contribution in [0.1, 0.15) is 11.1 Å². The SMILES string of the molecule is C=CCc1ccccc1Oc1ccc(S(=O)(=O)c2ccc(Oc3ccccc3CC=C)cc2)cc1. The van der Waals surface area contributed by atoms with E-state index in [-0.39, 0.29) is 9.79 Å². The van der Waals surface area contributed by atoms with E-state index in [0.717, 1.165) is 11.1 Å². The van der Waals surface area contributed by atoms with Crippen LogP contribution in [-0.2, 0) is 22.7 Å². The number of rotatable bonds is 10. The highest BCUT2D eigenvalue weighted by Gasteiger charge is 2.18. The van der Waals surface area contributed by atoms with Crippen molar-refractivity contribution >= 4 is 9.84 Å². The van der Waals surface area contributed by atoms with Gasteiger partial charge in [0.25, 0.3) is 0 Å². The standard InChI is InChI=1S/C30H26O4S/c1-3-9-23-11-5-7-13-29(23)33-25-15-19-27(20-16-25)35(31,32)28-21-17-26(18-22-28)34-30-14-8-6-12-24(30)10-4-2/h3-8,11-22H,1-2,9-10H2. The van der Waals surface area contributed by atoms with Gasteiger partial charge in [0.05, 0.1) is 9.79 Å². The van der Waals surface area contributed by atoms with Gasteiger partial charge in [-0.15, -0.1) is 13.2 Å². The van der Waals surface area contributed by atoms with Gasteiger partial charge in [-0.2, -0.15) is 0 Å². The third-order valence-corrected chi connectivity index (χ3v) is 7.18. The lowest BCUT2D eigenvalue weighted by atomic mass is 10.1. The fourth-order valence-electron chi connectivity index (χ4n) is 3.62. The van der Waals surface area contributed by atoms with Crippen LogP contribution in [-0.4, -0.2) is 8.42 Å².